The first-order valence-corrected chi connectivity index (χ1v) is 9.86. The number of hydrogen-bond donors (Lipinski definition) is 0. The van der Waals surface area contributed by atoms with Crippen LogP contribution >= 0.6 is 11.1 Å². The standard InChI is InChI=1S/C14H25ClN2OSi/c1-5-16(6-2)19(15,17(7-3)8-4)18-14-12-10-9-11-13-14/h9-13H,5-8H2,1-4H3. The van der Waals surface area contributed by atoms with Gasteiger partial charge in [0, 0.05) is 0 Å². The maximum absolute atomic E-state index is 6.97. The Kier molecular flexibility index (Phi) is 6.86. The van der Waals surface area contributed by atoms with E-state index in [1.165, 1.54) is 0 Å². The normalized spacial score (nSPS) is 12.2. The molecule has 0 aliphatic carbocycles. The lowest BCUT2D eigenvalue weighted by Crippen LogP contribution is -2.66. The zero-order chi connectivity index (χ0) is 14.3. The van der Waals surface area contributed by atoms with Gasteiger partial charge >= 0.3 is 7.95 Å². The van der Waals surface area contributed by atoms with E-state index in [-0.39, 0.29) is 0 Å². The predicted octanol–water partition coefficient (Wildman–Crippen LogP) is 3.42. The van der Waals surface area contributed by atoms with E-state index >= 15 is 0 Å². The number of rotatable bonds is 8. The molecule has 0 aromatic heterocycles. The second-order valence-electron chi connectivity index (χ2n) is 4.29. The van der Waals surface area contributed by atoms with Crippen molar-refractivity contribution >= 4 is 19.0 Å². The van der Waals surface area contributed by atoms with Crippen LogP contribution in [0, 0.1) is 0 Å². The Morgan fingerprint density at radius 1 is 0.895 bits per heavy atom. The smallest absolute Gasteiger partial charge is 0.507 e. The second kappa shape index (κ2) is 7.90. The third-order valence-corrected chi connectivity index (χ3v) is 8.28. The third-order valence-electron chi connectivity index (χ3n) is 3.30. The van der Waals surface area contributed by atoms with Gasteiger partial charge in [-0.05, 0) is 38.3 Å². The highest BCUT2D eigenvalue weighted by molar-refractivity contribution is 7.13. The molecule has 0 heterocycles. The van der Waals surface area contributed by atoms with Crippen LogP contribution in [-0.2, 0) is 0 Å². The molecular weight excluding hydrogens is 276 g/mol. The van der Waals surface area contributed by atoms with Crippen LogP contribution in [0.4, 0.5) is 0 Å². The van der Waals surface area contributed by atoms with E-state index in [1.54, 1.807) is 0 Å². The van der Waals surface area contributed by atoms with Gasteiger partial charge in [-0.1, -0.05) is 57.0 Å². The summed E-state index contributed by atoms with van der Waals surface area (Å²) in [5, 5.41) is 0. The van der Waals surface area contributed by atoms with Crippen molar-refractivity contribution in [3.8, 4) is 5.75 Å². The fourth-order valence-corrected chi connectivity index (χ4v) is 6.55. The van der Waals surface area contributed by atoms with Crippen LogP contribution in [0.5, 0.6) is 5.75 Å². The molecule has 1 aromatic carbocycles. The molecule has 0 aliphatic rings. The second-order valence-corrected chi connectivity index (χ2v) is 8.29. The summed E-state index contributed by atoms with van der Waals surface area (Å²) in [7, 11) is -2.61. The Bertz CT molecular complexity index is 344. The van der Waals surface area contributed by atoms with Crippen LogP contribution in [0.15, 0.2) is 30.3 Å². The molecule has 0 spiro atoms. The topological polar surface area (TPSA) is 15.7 Å². The van der Waals surface area contributed by atoms with E-state index in [4.69, 9.17) is 15.5 Å². The van der Waals surface area contributed by atoms with Crippen molar-refractivity contribution < 1.29 is 4.43 Å². The molecule has 0 unspecified atom stereocenters. The van der Waals surface area contributed by atoms with Gasteiger partial charge in [-0.25, -0.2) is 0 Å². The molecule has 1 aromatic rings. The van der Waals surface area contributed by atoms with Crippen LogP contribution in [0.25, 0.3) is 0 Å². The van der Waals surface area contributed by atoms with Gasteiger partial charge in [0.05, 0.1) is 0 Å². The third kappa shape index (κ3) is 3.95. The largest absolute Gasteiger partial charge is 0.526 e. The molecule has 0 fully saturated rings. The monoisotopic (exact) mass is 300 g/mol. The molecule has 0 amide bonds. The highest BCUT2D eigenvalue weighted by Crippen LogP contribution is 2.25. The molecule has 0 atom stereocenters. The van der Waals surface area contributed by atoms with E-state index in [0.29, 0.717) is 0 Å². The molecule has 0 N–H and O–H groups in total. The summed E-state index contributed by atoms with van der Waals surface area (Å²) < 4.78 is 10.8. The fourth-order valence-electron chi connectivity index (χ4n) is 2.19. The number of nitrogens with zero attached hydrogens (tertiary/aromatic N) is 2. The van der Waals surface area contributed by atoms with Crippen LogP contribution in [0.3, 0.4) is 0 Å². The molecule has 5 heteroatoms. The number of para-hydroxylation sites is 1. The first-order valence-electron chi connectivity index (χ1n) is 7.05. The van der Waals surface area contributed by atoms with Gasteiger partial charge in [0.1, 0.15) is 5.75 Å². The minimum Gasteiger partial charge on any atom is -0.507 e. The first kappa shape index (κ1) is 16.5. The summed E-state index contributed by atoms with van der Waals surface area (Å²) in [6.45, 7) is 12.1. The van der Waals surface area contributed by atoms with Crippen LogP contribution < -0.4 is 4.43 Å². The molecule has 0 bridgehead atoms. The minimum atomic E-state index is -2.61. The van der Waals surface area contributed by atoms with Crippen molar-refractivity contribution in [3.05, 3.63) is 30.3 Å². The number of hydrogen-bond acceptors (Lipinski definition) is 3. The molecular formula is C14H25ClN2OSi. The Hall–Kier alpha value is -0.553. The van der Waals surface area contributed by atoms with E-state index < -0.39 is 7.95 Å². The van der Waals surface area contributed by atoms with Crippen molar-refractivity contribution in [1.29, 1.82) is 0 Å². The van der Waals surface area contributed by atoms with Crippen molar-refractivity contribution in [2.45, 2.75) is 27.7 Å². The van der Waals surface area contributed by atoms with Crippen molar-refractivity contribution in [3.63, 3.8) is 0 Å². The fraction of sp³-hybridized carbons (Fsp3) is 0.571. The SMILES string of the molecule is CCN(CC)[Si](Cl)(Oc1ccccc1)N(CC)CC. The minimum absolute atomic E-state index is 0.850. The quantitative estimate of drug-likeness (QED) is 0.540. The maximum Gasteiger partial charge on any atom is 0.526 e. The molecule has 1 rings (SSSR count). The molecule has 108 valence electrons. The van der Waals surface area contributed by atoms with Gasteiger partial charge in [-0.3, -0.25) is 9.13 Å². The molecule has 0 radical (unpaired) electrons. The van der Waals surface area contributed by atoms with Gasteiger partial charge in [0.15, 0.2) is 0 Å². The lowest BCUT2D eigenvalue weighted by atomic mass is 10.3. The number of halogens is 1. The van der Waals surface area contributed by atoms with E-state index in [9.17, 15) is 0 Å². The van der Waals surface area contributed by atoms with Gasteiger partial charge in [0.2, 0.25) is 0 Å². The van der Waals surface area contributed by atoms with Gasteiger partial charge in [-0.2, -0.15) is 0 Å². The maximum atomic E-state index is 6.97. The Balaban J connectivity index is 3.03. The highest BCUT2D eigenvalue weighted by Gasteiger charge is 2.47. The summed E-state index contributed by atoms with van der Waals surface area (Å²) >= 11 is 6.97. The average molecular weight is 301 g/mol. The lowest BCUT2D eigenvalue weighted by molar-refractivity contribution is 0.286. The zero-order valence-electron chi connectivity index (χ0n) is 12.4. The lowest BCUT2D eigenvalue weighted by Gasteiger charge is -2.41. The summed E-state index contributed by atoms with van der Waals surface area (Å²) in [6, 6.07) is 9.88. The van der Waals surface area contributed by atoms with Gasteiger partial charge < -0.3 is 4.43 Å². The molecule has 0 saturated carbocycles. The highest BCUT2D eigenvalue weighted by atomic mass is 35.6. The average Bonchev–Trinajstić information content (AvgIpc) is 2.42. The first-order chi connectivity index (χ1) is 9.12. The van der Waals surface area contributed by atoms with Crippen LogP contribution in [0.1, 0.15) is 27.7 Å². The summed E-state index contributed by atoms with van der Waals surface area (Å²) in [5.74, 6) is 0.850. The Morgan fingerprint density at radius 2 is 1.32 bits per heavy atom. The Morgan fingerprint density at radius 3 is 1.68 bits per heavy atom. The van der Waals surface area contributed by atoms with Gasteiger partial charge in [-0.15, -0.1) is 0 Å². The molecule has 0 saturated heterocycles. The van der Waals surface area contributed by atoms with E-state index in [2.05, 4.69) is 36.8 Å². The summed E-state index contributed by atoms with van der Waals surface area (Å²) in [6.07, 6.45) is 0. The Labute approximate surface area is 123 Å². The molecule has 19 heavy (non-hydrogen) atoms. The molecule has 3 nitrogen and oxygen atoms in total. The van der Waals surface area contributed by atoms with Crippen molar-refractivity contribution in [1.82, 2.24) is 9.13 Å². The van der Waals surface area contributed by atoms with Crippen molar-refractivity contribution in [2.24, 2.45) is 0 Å². The number of benzene rings is 1. The molecule has 0 aliphatic heterocycles. The van der Waals surface area contributed by atoms with E-state index in [1.807, 2.05) is 30.3 Å². The van der Waals surface area contributed by atoms with Crippen LogP contribution in [0.2, 0.25) is 0 Å². The van der Waals surface area contributed by atoms with Gasteiger partial charge in [0.25, 0.3) is 0 Å². The summed E-state index contributed by atoms with van der Waals surface area (Å²) in [4.78, 5) is 0. The van der Waals surface area contributed by atoms with E-state index in [0.717, 1.165) is 31.9 Å². The van der Waals surface area contributed by atoms with Crippen LogP contribution in [-0.4, -0.2) is 43.3 Å². The summed E-state index contributed by atoms with van der Waals surface area (Å²) in [5.41, 5.74) is 0. The zero-order valence-corrected chi connectivity index (χ0v) is 14.2. The van der Waals surface area contributed by atoms with Crippen molar-refractivity contribution in [2.75, 3.05) is 26.2 Å². The predicted molar refractivity (Wildman–Crippen MR) is 84.5 cm³/mol.